The molecule has 178 valence electrons. The Balaban J connectivity index is 2.08. The molecule has 0 bridgehead atoms. The Hall–Kier alpha value is -3.30. The van der Waals surface area contributed by atoms with Crippen molar-refractivity contribution in [1.82, 2.24) is 9.80 Å². The van der Waals surface area contributed by atoms with Crippen molar-refractivity contribution in [2.45, 2.75) is 12.8 Å². The second-order valence-electron chi connectivity index (χ2n) is 8.22. The molecule has 0 saturated carbocycles. The molecule has 5 N–H and O–H groups in total. The first-order valence-corrected chi connectivity index (χ1v) is 11.1. The molecule has 0 atom stereocenters. The molecule has 0 aliphatic carbocycles. The highest BCUT2D eigenvalue weighted by atomic mass is 15.4. The van der Waals surface area contributed by atoms with Crippen LogP contribution < -0.4 is 16.9 Å². The third-order valence-corrected chi connectivity index (χ3v) is 4.80. The van der Waals surface area contributed by atoms with Gasteiger partial charge in [0.05, 0.1) is 11.4 Å². The van der Waals surface area contributed by atoms with E-state index >= 15 is 0 Å². The Bertz CT molecular complexity index is 948. The standard InChI is InChI=1S/C24H37N9/c1-32(2)17-9-15-27-23(25)19-11-5-7-13-21(19)29-31-30-22-14-8-6-12-20(22)24(26)28-16-10-18-33(3)4/h5-8,11-14H,9-10,15-18H2,1-4H3,(H2,25,27)(H2,26,28)(H,29,30). The summed E-state index contributed by atoms with van der Waals surface area (Å²) in [6.07, 6.45) is 1.88. The molecule has 0 aliphatic heterocycles. The quantitative estimate of drug-likeness (QED) is 0.142. The minimum Gasteiger partial charge on any atom is -0.383 e. The van der Waals surface area contributed by atoms with Gasteiger partial charge in [-0.1, -0.05) is 29.5 Å². The van der Waals surface area contributed by atoms with Gasteiger partial charge in [-0.2, -0.15) is 0 Å². The summed E-state index contributed by atoms with van der Waals surface area (Å²) in [6, 6.07) is 15.2. The average molecular weight is 452 g/mol. The number of rotatable bonds is 13. The smallest absolute Gasteiger partial charge is 0.127 e. The van der Waals surface area contributed by atoms with Crippen LogP contribution in [0.2, 0.25) is 0 Å². The Morgan fingerprint density at radius 3 is 1.88 bits per heavy atom. The lowest BCUT2D eigenvalue weighted by molar-refractivity contribution is 0.403. The molecule has 33 heavy (non-hydrogen) atoms. The lowest BCUT2D eigenvalue weighted by Crippen LogP contribution is -2.17. The molecule has 0 aromatic heterocycles. The molecule has 0 radical (unpaired) electrons. The molecule has 0 unspecified atom stereocenters. The summed E-state index contributed by atoms with van der Waals surface area (Å²) in [5.74, 6) is 0.930. The molecule has 0 heterocycles. The van der Waals surface area contributed by atoms with Crippen LogP contribution in [0, 0.1) is 0 Å². The van der Waals surface area contributed by atoms with Crippen molar-refractivity contribution < 1.29 is 0 Å². The molecular formula is C24H37N9. The summed E-state index contributed by atoms with van der Waals surface area (Å²) in [5.41, 5.74) is 18.3. The Kier molecular flexibility index (Phi) is 11.0. The number of aliphatic imine (C=N–C) groups is 2. The molecule has 0 saturated heterocycles. The van der Waals surface area contributed by atoms with Crippen LogP contribution in [-0.4, -0.2) is 75.8 Å². The van der Waals surface area contributed by atoms with Crippen molar-refractivity contribution in [1.29, 1.82) is 0 Å². The van der Waals surface area contributed by atoms with Crippen LogP contribution in [0.15, 0.2) is 68.9 Å². The number of nitrogens with two attached hydrogens (primary N) is 2. The van der Waals surface area contributed by atoms with Gasteiger partial charge in [0.25, 0.3) is 0 Å². The predicted octanol–water partition coefficient (Wildman–Crippen LogP) is 3.11. The molecule has 9 heteroatoms. The van der Waals surface area contributed by atoms with Crippen molar-refractivity contribution in [2.75, 3.05) is 59.8 Å². The van der Waals surface area contributed by atoms with E-state index in [0.717, 1.165) is 42.7 Å². The molecule has 0 fully saturated rings. The molecule has 0 spiro atoms. The van der Waals surface area contributed by atoms with Crippen molar-refractivity contribution in [3.8, 4) is 0 Å². The van der Waals surface area contributed by atoms with Crippen LogP contribution >= 0.6 is 0 Å². The van der Waals surface area contributed by atoms with Gasteiger partial charge in [-0.3, -0.25) is 15.4 Å². The predicted molar refractivity (Wildman–Crippen MR) is 139 cm³/mol. The maximum absolute atomic E-state index is 6.22. The number of hydrogen-bond donors (Lipinski definition) is 3. The molecule has 0 amide bonds. The molecular weight excluding hydrogens is 414 g/mol. The minimum atomic E-state index is 0.456. The molecule has 2 rings (SSSR count). The van der Waals surface area contributed by atoms with Crippen LogP contribution in [0.5, 0.6) is 0 Å². The number of benzene rings is 2. The first kappa shape index (κ1) is 26.0. The summed E-state index contributed by atoms with van der Waals surface area (Å²) >= 11 is 0. The first-order valence-electron chi connectivity index (χ1n) is 11.1. The van der Waals surface area contributed by atoms with Crippen LogP contribution in [0.25, 0.3) is 0 Å². The van der Waals surface area contributed by atoms with Gasteiger partial charge >= 0.3 is 0 Å². The maximum Gasteiger partial charge on any atom is 0.127 e. The van der Waals surface area contributed by atoms with Gasteiger partial charge in [-0.15, -0.1) is 5.11 Å². The van der Waals surface area contributed by atoms with E-state index in [1.807, 2.05) is 76.7 Å². The van der Waals surface area contributed by atoms with E-state index in [1.165, 1.54) is 0 Å². The van der Waals surface area contributed by atoms with E-state index < -0.39 is 0 Å². The summed E-state index contributed by atoms with van der Waals surface area (Å²) < 4.78 is 0. The third kappa shape index (κ3) is 9.38. The zero-order chi connectivity index (χ0) is 24.1. The van der Waals surface area contributed by atoms with Crippen LogP contribution in [-0.2, 0) is 0 Å². The van der Waals surface area contributed by atoms with E-state index in [9.17, 15) is 0 Å². The number of anilines is 1. The minimum absolute atomic E-state index is 0.456. The molecule has 0 aliphatic rings. The van der Waals surface area contributed by atoms with Crippen LogP contribution in [0.3, 0.4) is 0 Å². The monoisotopic (exact) mass is 451 g/mol. The van der Waals surface area contributed by atoms with E-state index in [0.29, 0.717) is 30.4 Å². The maximum atomic E-state index is 6.22. The van der Waals surface area contributed by atoms with Gasteiger partial charge in [0.2, 0.25) is 0 Å². The number of nitrogens with one attached hydrogen (secondary N) is 1. The molecule has 2 aromatic rings. The van der Waals surface area contributed by atoms with Gasteiger partial charge in [-0.05, 0) is 78.4 Å². The summed E-state index contributed by atoms with van der Waals surface area (Å²) in [6.45, 7) is 3.25. The number of hydrogen-bond acceptors (Lipinski definition) is 6. The van der Waals surface area contributed by atoms with Gasteiger partial charge in [0, 0.05) is 24.2 Å². The fourth-order valence-corrected chi connectivity index (χ4v) is 3.06. The summed E-state index contributed by atoms with van der Waals surface area (Å²) in [4.78, 5) is 13.2. The van der Waals surface area contributed by atoms with E-state index in [1.54, 1.807) is 0 Å². The largest absolute Gasteiger partial charge is 0.383 e. The zero-order valence-electron chi connectivity index (χ0n) is 20.2. The molecule has 2 aromatic carbocycles. The number of nitrogens with zero attached hydrogens (tertiary/aromatic N) is 6. The van der Waals surface area contributed by atoms with Gasteiger partial charge in [-0.25, -0.2) is 0 Å². The summed E-state index contributed by atoms with van der Waals surface area (Å²) in [7, 11) is 8.16. The second kappa shape index (κ2) is 14.0. The second-order valence-corrected chi connectivity index (χ2v) is 8.22. The lowest BCUT2D eigenvalue weighted by atomic mass is 10.1. The average Bonchev–Trinajstić information content (AvgIpc) is 2.79. The topological polar surface area (TPSA) is 120 Å². The Labute approximate surface area is 197 Å². The summed E-state index contributed by atoms with van der Waals surface area (Å²) in [5, 5.41) is 8.51. The van der Waals surface area contributed by atoms with Crippen molar-refractivity contribution >= 4 is 23.0 Å². The van der Waals surface area contributed by atoms with Crippen LogP contribution in [0.1, 0.15) is 24.0 Å². The first-order chi connectivity index (χ1) is 15.9. The number of amidine groups is 2. The highest BCUT2D eigenvalue weighted by Gasteiger charge is 2.07. The van der Waals surface area contributed by atoms with Gasteiger partial charge < -0.3 is 21.3 Å². The third-order valence-electron chi connectivity index (χ3n) is 4.80. The van der Waals surface area contributed by atoms with E-state index in [4.69, 9.17) is 11.5 Å². The van der Waals surface area contributed by atoms with Crippen molar-refractivity contribution in [3.63, 3.8) is 0 Å². The van der Waals surface area contributed by atoms with E-state index in [-0.39, 0.29) is 0 Å². The SMILES string of the molecule is CN(C)CCCN=C(N)c1ccccc1N=NNc1ccccc1C(N)=NCCCN(C)C. The zero-order valence-corrected chi connectivity index (χ0v) is 20.2. The Morgan fingerprint density at radius 1 is 0.758 bits per heavy atom. The normalized spacial score (nSPS) is 12.8. The van der Waals surface area contributed by atoms with Gasteiger partial charge in [0.1, 0.15) is 11.7 Å². The number of para-hydroxylation sites is 1. The Morgan fingerprint density at radius 2 is 1.27 bits per heavy atom. The fraction of sp³-hybridized carbons (Fsp3) is 0.417. The van der Waals surface area contributed by atoms with Crippen molar-refractivity contribution in [2.24, 2.45) is 31.8 Å². The van der Waals surface area contributed by atoms with E-state index in [2.05, 4.69) is 35.5 Å². The molecule has 9 nitrogen and oxygen atoms in total. The van der Waals surface area contributed by atoms with Crippen molar-refractivity contribution in [3.05, 3.63) is 59.7 Å². The lowest BCUT2D eigenvalue weighted by Gasteiger charge is -2.10. The fourth-order valence-electron chi connectivity index (χ4n) is 3.06. The van der Waals surface area contributed by atoms with Gasteiger partial charge in [0.15, 0.2) is 0 Å². The highest BCUT2D eigenvalue weighted by Crippen LogP contribution is 2.20. The van der Waals surface area contributed by atoms with Crippen LogP contribution in [0.4, 0.5) is 11.4 Å². The highest BCUT2D eigenvalue weighted by molar-refractivity contribution is 6.02.